The van der Waals surface area contributed by atoms with Gasteiger partial charge in [0, 0.05) is 12.6 Å². The number of primary sulfonamides is 1. The van der Waals surface area contributed by atoms with Crippen molar-refractivity contribution in [1.29, 1.82) is 0 Å². The summed E-state index contributed by atoms with van der Waals surface area (Å²) in [5.41, 5.74) is 0. The Morgan fingerprint density at radius 2 is 2.15 bits per heavy atom. The van der Waals surface area contributed by atoms with Crippen molar-refractivity contribution in [3.8, 4) is 0 Å². The lowest BCUT2D eigenvalue weighted by Gasteiger charge is -2.16. The van der Waals surface area contributed by atoms with E-state index in [1.165, 1.54) is 12.8 Å². The number of hydrogen-bond donors (Lipinski definition) is 2. The number of nitrogens with one attached hydrogen (secondary N) is 1. The van der Waals surface area contributed by atoms with Crippen LogP contribution in [0.4, 0.5) is 0 Å². The number of sulfonamides is 1. The van der Waals surface area contributed by atoms with Crippen molar-refractivity contribution < 1.29 is 8.42 Å². The maximum Gasteiger partial charge on any atom is 0.210 e. The van der Waals surface area contributed by atoms with Crippen molar-refractivity contribution in [3.63, 3.8) is 0 Å². The minimum Gasteiger partial charge on any atom is -0.313 e. The summed E-state index contributed by atoms with van der Waals surface area (Å²) in [6.07, 6.45) is 3.65. The van der Waals surface area contributed by atoms with Crippen LogP contribution in [-0.4, -0.2) is 26.8 Å². The summed E-state index contributed by atoms with van der Waals surface area (Å²) in [7, 11) is -3.30. The van der Waals surface area contributed by atoms with Crippen molar-refractivity contribution in [1.82, 2.24) is 5.32 Å². The van der Waals surface area contributed by atoms with Crippen LogP contribution in [0.15, 0.2) is 0 Å². The van der Waals surface area contributed by atoms with Gasteiger partial charge in [0.05, 0.1) is 5.75 Å². The van der Waals surface area contributed by atoms with Gasteiger partial charge < -0.3 is 5.32 Å². The molecule has 0 aromatic rings. The van der Waals surface area contributed by atoms with Gasteiger partial charge in [-0.25, -0.2) is 13.6 Å². The molecular weight excluding hydrogens is 188 g/mol. The topological polar surface area (TPSA) is 72.2 Å². The predicted octanol–water partition coefficient (Wildman–Crippen LogP) is 0.0531. The van der Waals surface area contributed by atoms with Crippen LogP contribution < -0.4 is 10.5 Å². The van der Waals surface area contributed by atoms with E-state index < -0.39 is 10.0 Å². The molecule has 2 unspecified atom stereocenters. The fraction of sp³-hybridized carbons (Fsp3) is 1.00. The molecule has 1 rings (SSSR count). The molecule has 5 heteroatoms. The van der Waals surface area contributed by atoms with E-state index in [4.69, 9.17) is 5.14 Å². The van der Waals surface area contributed by atoms with Gasteiger partial charge in [0.15, 0.2) is 0 Å². The molecule has 4 nitrogen and oxygen atoms in total. The third-order valence-corrected chi connectivity index (χ3v) is 3.43. The zero-order valence-electron chi connectivity index (χ0n) is 7.99. The first-order valence-electron chi connectivity index (χ1n) is 4.73. The second-order valence-electron chi connectivity index (χ2n) is 3.84. The fourth-order valence-corrected chi connectivity index (χ4v) is 2.24. The van der Waals surface area contributed by atoms with Gasteiger partial charge in [-0.05, 0) is 18.8 Å². The van der Waals surface area contributed by atoms with Crippen molar-refractivity contribution in [2.75, 3.05) is 12.3 Å². The van der Waals surface area contributed by atoms with Gasteiger partial charge in [0.25, 0.3) is 0 Å². The van der Waals surface area contributed by atoms with Crippen LogP contribution in [-0.2, 0) is 10.0 Å². The third kappa shape index (κ3) is 4.06. The van der Waals surface area contributed by atoms with E-state index in [0.29, 0.717) is 18.5 Å². The molecule has 0 radical (unpaired) electrons. The van der Waals surface area contributed by atoms with E-state index in [1.807, 2.05) is 0 Å². The Labute approximate surface area is 79.9 Å². The second kappa shape index (κ2) is 4.39. The van der Waals surface area contributed by atoms with Crippen molar-refractivity contribution in [2.45, 2.75) is 32.2 Å². The van der Waals surface area contributed by atoms with E-state index in [9.17, 15) is 8.42 Å². The molecular formula is C8H18N2O2S. The van der Waals surface area contributed by atoms with Gasteiger partial charge in [0.2, 0.25) is 10.0 Å². The summed E-state index contributed by atoms with van der Waals surface area (Å²) in [5, 5.41) is 8.12. The Morgan fingerprint density at radius 3 is 2.62 bits per heavy atom. The Balaban J connectivity index is 2.19. The first kappa shape index (κ1) is 10.9. The maximum atomic E-state index is 10.6. The van der Waals surface area contributed by atoms with E-state index in [1.54, 1.807) is 0 Å². The minimum absolute atomic E-state index is 0.0379. The molecule has 1 aliphatic rings. The van der Waals surface area contributed by atoms with Crippen molar-refractivity contribution in [3.05, 3.63) is 0 Å². The second-order valence-corrected chi connectivity index (χ2v) is 5.57. The molecule has 1 saturated carbocycles. The van der Waals surface area contributed by atoms with Crippen LogP contribution in [0.1, 0.15) is 26.2 Å². The third-order valence-electron chi connectivity index (χ3n) is 2.65. The predicted molar refractivity (Wildman–Crippen MR) is 52.8 cm³/mol. The highest BCUT2D eigenvalue weighted by molar-refractivity contribution is 7.89. The normalized spacial score (nSPS) is 29.4. The van der Waals surface area contributed by atoms with Crippen LogP contribution >= 0.6 is 0 Å². The smallest absolute Gasteiger partial charge is 0.210 e. The fourth-order valence-electron chi connectivity index (χ4n) is 1.84. The molecule has 1 fully saturated rings. The van der Waals surface area contributed by atoms with E-state index in [0.717, 1.165) is 6.42 Å². The molecule has 0 heterocycles. The number of nitrogens with two attached hydrogens (primary N) is 1. The van der Waals surface area contributed by atoms with Gasteiger partial charge in [0.1, 0.15) is 0 Å². The van der Waals surface area contributed by atoms with Gasteiger partial charge in [-0.15, -0.1) is 0 Å². The van der Waals surface area contributed by atoms with Gasteiger partial charge in [-0.2, -0.15) is 0 Å². The monoisotopic (exact) mass is 206 g/mol. The molecule has 0 spiro atoms. The summed E-state index contributed by atoms with van der Waals surface area (Å²) in [5.74, 6) is 0.705. The Kier molecular flexibility index (Phi) is 3.70. The highest BCUT2D eigenvalue weighted by atomic mass is 32.2. The summed E-state index contributed by atoms with van der Waals surface area (Å²) >= 11 is 0. The summed E-state index contributed by atoms with van der Waals surface area (Å²) < 4.78 is 21.2. The van der Waals surface area contributed by atoms with Gasteiger partial charge >= 0.3 is 0 Å². The van der Waals surface area contributed by atoms with Gasteiger partial charge in [-0.3, -0.25) is 0 Å². The highest BCUT2D eigenvalue weighted by Gasteiger charge is 2.22. The zero-order chi connectivity index (χ0) is 9.90. The first-order valence-corrected chi connectivity index (χ1v) is 6.44. The van der Waals surface area contributed by atoms with E-state index in [2.05, 4.69) is 12.2 Å². The summed E-state index contributed by atoms with van der Waals surface area (Å²) in [4.78, 5) is 0. The largest absolute Gasteiger partial charge is 0.313 e. The highest BCUT2D eigenvalue weighted by Crippen LogP contribution is 2.24. The molecule has 0 saturated heterocycles. The first-order chi connectivity index (χ1) is 5.99. The number of hydrogen-bond acceptors (Lipinski definition) is 3. The van der Waals surface area contributed by atoms with Crippen LogP contribution in [0, 0.1) is 5.92 Å². The summed E-state index contributed by atoms with van der Waals surface area (Å²) in [6, 6.07) is 0.488. The van der Waals surface area contributed by atoms with Crippen LogP contribution in [0.5, 0.6) is 0 Å². The van der Waals surface area contributed by atoms with Crippen LogP contribution in [0.2, 0.25) is 0 Å². The average molecular weight is 206 g/mol. The lowest BCUT2D eigenvalue weighted by molar-refractivity contribution is 0.437. The average Bonchev–Trinajstić information content (AvgIpc) is 2.34. The Hall–Kier alpha value is -0.130. The molecule has 3 N–H and O–H groups in total. The van der Waals surface area contributed by atoms with Gasteiger partial charge in [-0.1, -0.05) is 13.3 Å². The summed E-state index contributed by atoms with van der Waals surface area (Å²) in [6.45, 7) is 2.68. The van der Waals surface area contributed by atoms with E-state index >= 15 is 0 Å². The standard InChI is InChI=1S/C8H18N2O2S/c1-7-3-2-4-8(7)10-5-6-13(9,11)12/h7-8,10H,2-6H2,1H3,(H2,9,11,12). The molecule has 13 heavy (non-hydrogen) atoms. The SMILES string of the molecule is CC1CCCC1NCCS(N)(=O)=O. The quantitative estimate of drug-likeness (QED) is 0.683. The molecule has 0 bridgehead atoms. The Bertz CT molecular complexity index is 251. The lowest BCUT2D eigenvalue weighted by atomic mass is 10.1. The Morgan fingerprint density at radius 1 is 1.46 bits per heavy atom. The lowest BCUT2D eigenvalue weighted by Crippen LogP contribution is -2.36. The number of rotatable bonds is 4. The van der Waals surface area contributed by atoms with Crippen molar-refractivity contribution >= 4 is 10.0 Å². The maximum absolute atomic E-state index is 10.6. The molecule has 0 aromatic heterocycles. The van der Waals surface area contributed by atoms with Crippen LogP contribution in [0.3, 0.4) is 0 Å². The molecule has 2 atom stereocenters. The van der Waals surface area contributed by atoms with Crippen LogP contribution in [0.25, 0.3) is 0 Å². The van der Waals surface area contributed by atoms with E-state index in [-0.39, 0.29) is 5.75 Å². The molecule has 0 aromatic carbocycles. The molecule has 0 amide bonds. The molecule has 78 valence electrons. The zero-order valence-corrected chi connectivity index (χ0v) is 8.81. The van der Waals surface area contributed by atoms with Crippen molar-refractivity contribution in [2.24, 2.45) is 11.1 Å². The minimum atomic E-state index is -3.30. The molecule has 0 aliphatic heterocycles. The molecule has 1 aliphatic carbocycles.